The van der Waals surface area contributed by atoms with E-state index >= 15 is 0 Å². The number of sulfonamides is 1. The summed E-state index contributed by atoms with van der Waals surface area (Å²) < 4.78 is 27.5. The molecule has 0 unspecified atom stereocenters. The van der Waals surface area contributed by atoms with Gasteiger partial charge in [-0.15, -0.1) is 0 Å². The van der Waals surface area contributed by atoms with E-state index in [9.17, 15) is 13.2 Å². The predicted octanol–water partition coefficient (Wildman–Crippen LogP) is 4.10. The number of hydrogen-bond acceptors (Lipinski definition) is 3. The molecule has 29 heavy (non-hydrogen) atoms. The lowest BCUT2D eigenvalue weighted by Crippen LogP contribution is -2.41. The van der Waals surface area contributed by atoms with E-state index in [2.05, 4.69) is 0 Å². The summed E-state index contributed by atoms with van der Waals surface area (Å²) in [6, 6.07) is 18.8. The van der Waals surface area contributed by atoms with Gasteiger partial charge in [0.25, 0.3) is 10.0 Å². The maximum absolute atomic E-state index is 13.1. The molecule has 6 heteroatoms. The first-order valence-electron chi connectivity index (χ1n) is 9.79. The first kappa shape index (κ1) is 19.5. The van der Waals surface area contributed by atoms with Crippen molar-refractivity contribution < 1.29 is 13.2 Å². The first-order valence-corrected chi connectivity index (χ1v) is 11.2. The average Bonchev–Trinajstić information content (AvgIpc) is 2.92. The zero-order valence-electron chi connectivity index (χ0n) is 16.6. The number of rotatable bonds is 6. The van der Waals surface area contributed by atoms with Crippen LogP contribution in [0, 0.1) is 6.92 Å². The van der Waals surface area contributed by atoms with Gasteiger partial charge in [0.2, 0.25) is 5.91 Å². The Kier molecular flexibility index (Phi) is 5.04. The van der Waals surface area contributed by atoms with Gasteiger partial charge in [-0.25, -0.2) is 8.42 Å². The summed E-state index contributed by atoms with van der Waals surface area (Å²) >= 11 is 0. The second kappa shape index (κ2) is 7.52. The fraction of sp³-hybridized carbons (Fsp3) is 0.261. The molecule has 4 rings (SSSR count). The van der Waals surface area contributed by atoms with Crippen LogP contribution in [0.15, 0.2) is 65.6 Å². The summed E-state index contributed by atoms with van der Waals surface area (Å²) in [5.41, 5.74) is 2.78. The molecule has 0 saturated carbocycles. The van der Waals surface area contributed by atoms with E-state index in [0.29, 0.717) is 24.2 Å². The van der Waals surface area contributed by atoms with E-state index in [1.807, 2.05) is 56.3 Å². The number of carbonyl (C=O) groups excluding carboxylic acids is 1. The molecular weight excluding hydrogens is 384 g/mol. The van der Waals surface area contributed by atoms with Gasteiger partial charge >= 0.3 is 0 Å². The Hall–Kier alpha value is -2.86. The molecule has 3 aromatic carbocycles. The number of anilines is 1. The van der Waals surface area contributed by atoms with Crippen molar-refractivity contribution in [3.63, 3.8) is 0 Å². The molecule has 0 atom stereocenters. The van der Waals surface area contributed by atoms with Crippen molar-refractivity contribution in [3.8, 4) is 0 Å². The van der Waals surface area contributed by atoms with Crippen molar-refractivity contribution in [1.82, 2.24) is 4.90 Å². The second-order valence-corrected chi connectivity index (χ2v) is 9.27. The monoisotopic (exact) mass is 408 g/mol. The lowest BCUT2D eigenvalue weighted by molar-refractivity contribution is -0.130. The fourth-order valence-corrected chi connectivity index (χ4v) is 5.49. The van der Waals surface area contributed by atoms with Gasteiger partial charge in [-0.3, -0.25) is 9.10 Å². The maximum Gasteiger partial charge on any atom is 0.265 e. The summed E-state index contributed by atoms with van der Waals surface area (Å²) in [6.45, 7) is 4.89. The highest BCUT2D eigenvalue weighted by molar-refractivity contribution is 7.93. The van der Waals surface area contributed by atoms with Crippen LogP contribution in [0.4, 0.5) is 5.69 Å². The molecule has 1 amide bonds. The zero-order chi connectivity index (χ0) is 20.6. The van der Waals surface area contributed by atoms with Crippen LogP contribution < -0.4 is 4.31 Å². The van der Waals surface area contributed by atoms with E-state index in [-0.39, 0.29) is 17.3 Å². The van der Waals surface area contributed by atoms with Crippen LogP contribution in [-0.4, -0.2) is 32.3 Å². The van der Waals surface area contributed by atoms with Gasteiger partial charge < -0.3 is 4.90 Å². The molecular formula is C23H24N2O3S. The molecule has 0 spiro atoms. The van der Waals surface area contributed by atoms with E-state index in [1.165, 1.54) is 4.31 Å². The highest BCUT2D eigenvalue weighted by atomic mass is 32.2. The number of amides is 1. The Bertz CT molecular complexity index is 1170. The number of aryl methyl sites for hydroxylation is 1. The standard InChI is InChI=1S/C23H24N2O3S/c1-3-14-24(15-18-12-10-17(2)11-13-18)22(26)16-25-20-8-4-6-19-7-5-9-21(23(19)20)29(25,27)28/h4-13H,3,14-16H2,1-2H3. The quantitative estimate of drug-likeness (QED) is 0.617. The molecule has 1 heterocycles. The lowest BCUT2D eigenvalue weighted by atomic mass is 10.1. The normalized spacial score (nSPS) is 14.3. The van der Waals surface area contributed by atoms with Gasteiger partial charge in [0.05, 0.1) is 10.6 Å². The predicted molar refractivity (Wildman–Crippen MR) is 115 cm³/mol. The summed E-state index contributed by atoms with van der Waals surface area (Å²) in [5, 5.41) is 1.56. The van der Waals surface area contributed by atoms with Crippen LogP contribution in [0.5, 0.6) is 0 Å². The smallest absolute Gasteiger partial charge is 0.265 e. The van der Waals surface area contributed by atoms with Crippen molar-refractivity contribution in [2.45, 2.75) is 31.7 Å². The SMILES string of the molecule is CCCN(Cc1ccc(C)cc1)C(=O)CN1c2cccc3cccc(c23)S1(=O)=O. The van der Waals surface area contributed by atoms with Gasteiger partial charge in [0.15, 0.2) is 0 Å². The molecule has 1 aliphatic heterocycles. The number of benzene rings is 3. The van der Waals surface area contributed by atoms with Crippen molar-refractivity contribution in [2.75, 3.05) is 17.4 Å². The Morgan fingerprint density at radius 1 is 1.00 bits per heavy atom. The van der Waals surface area contributed by atoms with E-state index < -0.39 is 10.0 Å². The van der Waals surface area contributed by atoms with Crippen LogP contribution in [0.25, 0.3) is 10.8 Å². The van der Waals surface area contributed by atoms with Gasteiger partial charge in [-0.1, -0.05) is 61.0 Å². The van der Waals surface area contributed by atoms with Gasteiger partial charge in [-0.05, 0) is 36.4 Å². The van der Waals surface area contributed by atoms with Crippen molar-refractivity contribution in [3.05, 3.63) is 71.8 Å². The zero-order valence-corrected chi connectivity index (χ0v) is 17.4. The van der Waals surface area contributed by atoms with Crippen LogP contribution in [0.2, 0.25) is 0 Å². The molecule has 0 N–H and O–H groups in total. The van der Waals surface area contributed by atoms with Crippen LogP contribution in [0.1, 0.15) is 24.5 Å². The minimum absolute atomic E-state index is 0.192. The van der Waals surface area contributed by atoms with Crippen molar-refractivity contribution in [2.24, 2.45) is 0 Å². The third kappa shape index (κ3) is 3.49. The summed E-state index contributed by atoms with van der Waals surface area (Å²) in [7, 11) is -3.73. The van der Waals surface area contributed by atoms with E-state index in [0.717, 1.165) is 22.9 Å². The third-order valence-electron chi connectivity index (χ3n) is 5.30. The first-order chi connectivity index (χ1) is 13.9. The van der Waals surface area contributed by atoms with Gasteiger partial charge in [0.1, 0.15) is 6.54 Å². The largest absolute Gasteiger partial charge is 0.337 e. The van der Waals surface area contributed by atoms with Crippen LogP contribution in [0.3, 0.4) is 0 Å². The molecule has 0 fully saturated rings. The molecule has 0 radical (unpaired) electrons. The van der Waals surface area contributed by atoms with Gasteiger partial charge in [0, 0.05) is 18.5 Å². The van der Waals surface area contributed by atoms with Crippen LogP contribution >= 0.6 is 0 Å². The van der Waals surface area contributed by atoms with E-state index in [4.69, 9.17) is 0 Å². The number of carbonyl (C=O) groups is 1. The lowest BCUT2D eigenvalue weighted by Gasteiger charge is -2.26. The third-order valence-corrected chi connectivity index (χ3v) is 7.10. The maximum atomic E-state index is 13.1. The number of hydrogen-bond donors (Lipinski definition) is 0. The van der Waals surface area contributed by atoms with Crippen molar-refractivity contribution >= 4 is 32.4 Å². The molecule has 5 nitrogen and oxygen atoms in total. The molecule has 1 aliphatic rings. The molecule has 3 aromatic rings. The highest BCUT2D eigenvalue weighted by Crippen LogP contribution is 2.41. The Labute approximate surface area is 171 Å². The molecule has 0 aliphatic carbocycles. The summed E-state index contributed by atoms with van der Waals surface area (Å²) in [6.07, 6.45) is 0.806. The summed E-state index contributed by atoms with van der Waals surface area (Å²) in [4.78, 5) is 15.2. The number of nitrogens with zero attached hydrogens (tertiary/aromatic N) is 2. The van der Waals surface area contributed by atoms with Crippen molar-refractivity contribution in [1.29, 1.82) is 0 Å². The molecule has 0 saturated heterocycles. The molecule has 0 bridgehead atoms. The molecule has 150 valence electrons. The summed E-state index contributed by atoms with van der Waals surface area (Å²) in [5.74, 6) is -0.194. The Morgan fingerprint density at radius 2 is 1.69 bits per heavy atom. The fourth-order valence-electron chi connectivity index (χ4n) is 3.83. The molecule has 0 aromatic heterocycles. The average molecular weight is 409 g/mol. The minimum Gasteiger partial charge on any atom is -0.337 e. The second-order valence-electron chi connectivity index (χ2n) is 7.44. The highest BCUT2D eigenvalue weighted by Gasteiger charge is 2.37. The van der Waals surface area contributed by atoms with Gasteiger partial charge in [-0.2, -0.15) is 0 Å². The Balaban J connectivity index is 1.63. The Morgan fingerprint density at radius 3 is 2.38 bits per heavy atom. The minimum atomic E-state index is -3.73. The van der Waals surface area contributed by atoms with Crippen LogP contribution in [-0.2, 0) is 21.4 Å². The van der Waals surface area contributed by atoms with E-state index in [1.54, 1.807) is 23.1 Å². The topological polar surface area (TPSA) is 57.7 Å².